The van der Waals surface area contributed by atoms with Gasteiger partial charge >= 0.3 is 5.97 Å². The molecule has 0 radical (unpaired) electrons. The van der Waals surface area contributed by atoms with Gasteiger partial charge < -0.3 is 15.7 Å². The maximum Gasteiger partial charge on any atom is 0.327 e. The Morgan fingerprint density at radius 1 is 1.43 bits per heavy atom. The van der Waals surface area contributed by atoms with E-state index in [1.54, 1.807) is 0 Å². The summed E-state index contributed by atoms with van der Waals surface area (Å²) in [6, 6.07) is 8.69. The van der Waals surface area contributed by atoms with E-state index in [1.807, 2.05) is 37.3 Å². The molecule has 1 amide bonds. The third kappa shape index (κ3) is 3.77. The van der Waals surface area contributed by atoms with Crippen LogP contribution in [0.25, 0.3) is 0 Å². The Bertz CT molecular complexity index is 509. The lowest BCUT2D eigenvalue weighted by atomic mass is 10.0. The van der Waals surface area contributed by atoms with E-state index in [9.17, 15) is 14.7 Å². The number of rotatable bonds is 5. The molecule has 0 bridgehead atoms. The van der Waals surface area contributed by atoms with Crippen molar-refractivity contribution in [3.63, 3.8) is 0 Å². The zero-order chi connectivity index (χ0) is 15.4. The molecule has 1 aromatic rings. The molecule has 0 spiro atoms. The number of carbonyl (C=O) groups excluding carboxylic acids is 1. The number of carbonyl (C=O) groups is 2. The van der Waals surface area contributed by atoms with E-state index in [2.05, 4.69) is 0 Å². The molecule has 114 valence electrons. The van der Waals surface area contributed by atoms with Crippen LogP contribution in [0.1, 0.15) is 31.4 Å². The summed E-state index contributed by atoms with van der Waals surface area (Å²) in [5.41, 5.74) is 7.07. The maximum absolute atomic E-state index is 12.3. The molecule has 3 atom stereocenters. The average molecular weight is 308 g/mol. The number of carboxylic acid groups (broad SMARTS) is 1. The number of nitrogens with zero attached hydrogens (tertiary/aromatic N) is 1. The normalized spacial score (nSPS) is 23.0. The molecule has 5 nitrogen and oxygen atoms in total. The standard InChI is InChI=1S/C15H20N2O3S/c1-10-17(13(9-21-10)15(19)20)14(18)8-7-12(16)11-5-3-2-4-6-11/h2-6,10,12-13H,7-9,16H2,1H3,(H,19,20). The van der Waals surface area contributed by atoms with Gasteiger partial charge in [0.1, 0.15) is 6.04 Å². The van der Waals surface area contributed by atoms with Crippen molar-refractivity contribution in [3.8, 4) is 0 Å². The highest BCUT2D eigenvalue weighted by molar-refractivity contribution is 8.00. The highest BCUT2D eigenvalue weighted by Crippen LogP contribution is 2.30. The molecule has 0 saturated carbocycles. The minimum atomic E-state index is -0.937. The Labute approximate surface area is 128 Å². The molecule has 1 aliphatic heterocycles. The van der Waals surface area contributed by atoms with Crippen molar-refractivity contribution in [2.45, 2.75) is 37.2 Å². The van der Waals surface area contributed by atoms with Gasteiger partial charge in [-0.15, -0.1) is 11.8 Å². The van der Waals surface area contributed by atoms with Crippen LogP contribution in [-0.4, -0.2) is 39.1 Å². The predicted molar refractivity (Wildman–Crippen MR) is 82.8 cm³/mol. The number of thioether (sulfide) groups is 1. The smallest absolute Gasteiger partial charge is 0.327 e. The molecule has 1 heterocycles. The minimum Gasteiger partial charge on any atom is -0.480 e. The van der Waals surface area contributed by atoms with Gasteiger partial charge in [0.05, 0.1) is 5.37 Å². The van der Waals surface area contributed by atoms with Crippen molar-refractivity contribution in [3.05, 3.63) is 35.9 Å². The maximum atomic E-state index is 12.3. The van der Waals surface area contributed by atoms with Crippen molar-refractivity contribution in [1.29, 1.82) is 0 Å². The fraction of sp³-hybridized carbons (Fsp3) is 0.467. The predicted octanol–water partition coefficient (Wildman–Crippen LogP) is 1.84. The fourth-order valence-electron chi connectivity index (χ4n) is 2.49. The zero-order valence-corrected chi connectivity index (χ0v) is 12.8. The zero-order valence-electron chi connectivity index (χ0n) is 11.9. The number of carboxylic acids is 1. The van der Waals surface area contributed by atoms with Crippen LogP contribution in [0.15, 0.2) is 30.3 Å². The second-order valence-electron chi connectivity index (χ2n) is 5.14. The topological polar surface area (TPSA) is 83.6 Å². The Hall–Kier alpha value is -1.53. The van der Waals surface area contributed by atoms with Crippen molar-refractivity contribution in [2.24, 2.45) is 5.73 Å². The number of hydrogen-bond donors (Lipinski definition) is 2. The molecule has 0 aromatic heterocycles. The first kappa shape index (κ1) is 15.9. The molecule has 0 aliphatic carbocycles. The first-order valence-corrected chi connectivity index (χ1v) is 8.01. The average Bonchev–Trinajstić information content (AvgIpc) is 2.87. The largest absolute Gasteiger partial charge is 0.480 e. The van der Waals surface area contributed by atoms with Crippen LogP contribution < -0.4 is 5.73 Å². The van der Waals surface area contributed by atoms with Crippen LogP contribution >= 0.6 is 11.8 Å². The highest BCUT2D eigenvalue weighted by atomic mass is 32.2. The Morgan fingerprint density at radius 3 is 2.71 bits per heavy atom. The third-order valence-corrected chi connectivity index (χ3v) is 4.91. The van der Waals surface area contributed by atoms with Gasteiger partial charge in [0, 0.05) is 18.2 Å². The van der Waals surface area contributed by atoms with Crippen LogP contribution in [0.2, 0.25) is 0 Å². The van der Waals surface area contributed by atoms with Crippen LogP contribution in [0.4, 0.5) is 0 Å². The third-order valence-electron chi connectivity index (χ3n) is 3.69. The second-order valence-corrected chi connectivity index (χ2v) is 6.49. The van der Waals surface area contributed by atoms with Crippen LogP contribution in [-0.2, 0) is 9.59 Å². The second kappa shape index (κ2) is 6.95. The van der Waals surface area contributed by atoms with E-state index in [0.29, 0.717) is 12.2 Å². The molecular weight excluding hydrogens is 288 g/mol. The van der Waals surface area contributed by atoms with Crippen molar-refractivity contribution < 1.29 is 14.7 Å². The van der Waals surface area contributed by atoms with Gasteiger partial charge in [-0.3, -0.25) is 4.79 Å². The Morgan fingerprint density at radius 2 is 2.10 bits per heavy atom. The quantitative estimate of drug-likeness (QED) is 0.867. The molecule has 1 aromatic carbocycles. The molecule has 21 heavy (non-hydrogen) atoms. The fourth-order valence-corrected chi connectivity index (χ4v) is 3.68. The first-order valence-electron chi connectivity index (χ1n) is 6.97. The molecule has 1 aliphatic rings. The first-order chi connectivity index (χ1) is 10.0. The molecule has 3 unspecified atom stereocenters. The van der Waals surface area contributed by atoms with Crippen molar-refractivity contribution >= 4 is 23.6 Å². The molecule has 1 fully saturated rings. The molecule has 3 N–H and O–H groups in total. The van der Waals surface area contributed by atoms with E-state index in [-0.39, 0.29) is 23.7 Å². The monoisotopic (exact) mass is 308 g/mol. The van der Waals surface area contributed by atoms with E-state index in [1.165, 1.54) is 16.7 Å². The summed E-state index contributed by atoms with van der Waals surface area (Å²) in [6.07, 6.45) is 0.786. The van der Waals surface area contributed by atoms with Gasteiger partial charge in [-0.1, -0.05) is 30.3 Å². The van der Waals surface area contributed by atoms with E-state index in [4.69, 9.17) is 5.73 Å². The van der Waals surface area contributed by atoms with Gasteiger partial charge in [0.2, 0.25) is 5.91 Å². The summed E-state index contributed by atoms with van der Waals surface area (Å²) in [6.45, 7) is 1.86. The van der Waals surface area contributed by atoms with E-state index >= 15 is 0 Å². The van der Waals surface area contributed by atoms with Gasteiger partial charge in [0.25, 0.3) is 0 Å². The van der Waals surface area contributed by atoms with E-state index < -0.39 is 12.0 Å². The molecule has 6 heteroatoms. The van der Waals surface area contributed by atoms with Gasteiger partial charge in [0.15, 0.2) is 0 Å². The SMILES string of the molecule is CC1SCC(C(=O)O)N1C(=O)CCC(N)c1ccccc1. The summed E-state index contributed by atoms with van der Waals surface area (Å²) in [7, 11) is 0. The summed E-state index contributed by atoms with van der Waals surface area (Å²) in [5, 5.41) is 9.08. The van der Waals surface area contributed by atoms with E-state index in [0.717, 1.165) is 5.56 Å². The lowest BCUT2D eigenvalue weighted by molar-refractivity contribution is -0.149. The van der Waals surface area contributed by atoms with Crippen molar-refractivity contribution in [1.82, 2.24) is 4.90 Å². The number of hydrogen-bond acceptors (Lipinski definition) is 4. The van der Waals surface area contributed by atoms with Crippen LogP contribution in [0.5, 0.6) is 0 Å². The molecule has 1 saturated heterocycles. The number of nitrogens with two attached hydrogens (primary N) is 1. The van der Waals surface area contributed by atoms with Gasteiger partial charge in [-0.25, -0.2) is 4.79 Å². The highest BCUT2D eigenvalue weighted by Gasteiger charge is 2.39. The summed E-state index contributed by atoms with van der Waals surface area (Å²) in [5.74, 6) is -0.619. The summed E-state index contributed by atoms with van der Waals surface area (Å²) >= 11 is 1.49. The Kier molecular flexibility index (Phi) is 5.25. The lowest BCUT2D eigenvalue weighted by Gasteiger charge is -2.25. The number of amides is 1. The lowest BCUT2D eigenvalue weighted by Crippen LogP contribution is -2.44. The number of benzene rings is 1. The summed E-state index contributed by atoms with van der Waals surface area (Å²) in [4.78, 5) is 25.0. The minimum absolute atomic E-state index is 0.0912. The van der Waals surface area contributed by atoms with Crippen molar-refractivity contribution in [2.75, 3.05) is 5.75 Å². The number of aliphatic carboxylic acids is 1. The van der Waals surface area contributed by atoms with Crippen LogP contribution in [0, 0.1) is 0 Å². The van der Waals surface area contributed by atoms with Gasteiger partial charge in [-0.05, 0) is 18.9 Å². The Balaban J connectivity index is 1.93. The summed E-state index contributed by atoms with van der Waals surface area (Å²) < 4.78 is 0. The molecular formula is C15H20N2O3S. The van der Waals surface area contributed by atoms with Gasteiger partial charge in [-0.2, -0.15) is 0 Å². The van der Waals surface area contributed by atoms with Crippen LogP contribution in [0.3, 0.4) is 0 Å². The molecule has 2 rings (SSSR count).